The molecule has 0 aliphatic heterocycles. The Balaban J connectivity index is 2.64. The van der Waals surface area contributed by atoms with Gasteiger partial charge < -0.3 is 4.74 Å². The van der Waals surface area contributed by atoms with Crippen molar-refractivity contribution in [3.8, 4) is 11.8 Å². The van der Waals surface area contributed by atoms with Crippen LogP contribution >= 0.6 is 0 Å². The number of rotatable bonds is 2. The summed E-state index contributed by atoms with van der Waals surface area (Å²) in [5.41, 5.74) is 1.63. The molecule has 0 spiro atoms. The van der Waals surface area contributed by atoms with Crippen LogP contribution in [0.3, 0.4) is 0 Å². The van der Waals surface area contributed by atoms with Gasteiger partial charge in [0.25, 0.3) is 0 Å². The van der Waals surface area contributed by atoms with E-state index in [1.165, 1.54) is 0 Å². The van der Waals surface area contributed by atoms with E-state index in [0.29, 0.717) is 6.42 Å². The molecule has 4 nitrogen and oxygen atoms in total. The Morgan fingerprint density at radius 1 is 1.64 bits per heavy atom. The van der Waals surface area contributed by atoms with Gasteiger partial charge in [-0.05, 0) is 12.1 Å². The maximum Gasteiger partial charge on any atom is 0.179 e. The van der Waals surface area contributed by atoms with Crippen molar-refractivity contribution in [1.29, 1.82) is 5.26 Å². The second-order valence-corrected chi connectivity index (χ2v) is 2.85. The first kappa shape index (κ1) is 8.57. The van der Waals surface area contributed by atoms with Crippen molar-refractivity contribution in [3.63, 3.8) is 0 Å². The van der Waals surface area contributed by atoms with Gasteiger partial charge in [-0.25, -0.2) is 4.98 Å². The van der Waals surface area contributed by atoms with Crippen molar-refractivity contribution in [3.05, 3.63) is 30.2 Å². The van der Waals surface area contributed by atoms with Crippen molar-refractivity contribution in [2.24, 2.45) is 0 Å². The van der Waals surface area contributed by atoms with E-state index in [1.807, 2.05) is 22.7 Å². The Labute approximate surface area is 81.4 Å². The molecule has 14 heavy (non-hydrogen) atoms. The number of hydrogen-bond acceptors (Lipinski definition) is 3. The van der Waals surface area contributed by atoms with Crippen LogP contribution in [0.4, 0.5) is 0 Å². The van der Waals surface area contributed by atoms with Crippen LogP contribution in [0.25, 0.3) is 5.65 Å². The summed E-state index contributed by atoms with van der Waals surface area (Å²) in [5.74, 6) is 0.719. The molecule has 0 N–H and O–H groups in total. The molecule has 0 amide bonds. The van der Waals surface area contributed by atoms with Crippen LogP contribution in [0, 0.1) is 11.3 Å². The molecule has 0 bridgehead atoms. The van der Waals surface area contributed by atoms with E-state index in [4.69, 9.17) is 10.00 Å². The standard InChI is InChI=1S/C10H9N3O/c1-14-9-3-2-6-13-8(4-5-11)7-12-10(9)13/h2-3,6-7H,4H2,1H3. The van der Waals surface area contributed by atoms with Crippen molar-refractivity contribution in [1.82, 2.24) is 9.38 Å². The zero-order chi connectivity index (χ0) is 9.97. The summed E-state index contributed by atoms with van der Waals surface area (Å²) >= 11 is 0. The normalized spacial score (nSPS) is 10.0. The molecule has 0 atom stereocenters. The lowest BCUT2D eigenvalue weighted by Crippen LogP contribution is -1.93. The summed E-state index contributed by atoms with van der Waals surface area (Å²) in [6.07, 6.45) is 3.92. The first-order valence-corrected chi connectivity index (χ1v) is 4.22. The summed E-state index contributed by atoms with van der Waals surface area (Å²) in [6.45, 7) is 0. The van der Waals surface area contributed by atoms with Crippen molar-refractivity contribution >= 4 is 5.65 Å². The maximum absolute atomic E-state index is 8.60. The van der Waals surface area contributed by atoms with E-state index < -0.39 is 0 Å². The summed E-state index contributed by atoms with van der Waals surface area (Å²) < 4.78 is 7.02. The predicted molar refractivity (Wildman–Crippen MR) is 51.1 cm³/mol. The molecule has 0 unspecified atom stereocenters. The lowest BCUT2D eigenvalue weighted by atomic mass is 10.3. The average Bonchev–Trinajstić information content (AvgIpc) is 2.62. The molecular weight excluding hydrogens is 178 g/mol. The molecule has 0 radical (unpaired) electrons. The second-order valence-electron chi connectivity index (χ2n) is 2.85. The van der Waals surface area contributed by atoms with Crippen molar-refractivity contribution in [2.45, 2.75) is 6.42 Å². The number of pyridine rings is 1. The Kier molecular flexibility index (Phi) is 2.07. The van der Waals surface area contributed by atoms with Gasteiger partial charge in [0.2, 0.25) is 0 Å². The zero-order valence-corrected chi connectivity index (χ0v) is 7.77. The van der Waals surface area contributed by atoms with Crippen molar-refractivity contribution < 1.29 is 4.74 Å². The predicted octanol–water partition coefficient (Wildman–Crippen LogP) is 1.41. The number of imidazole rings is 1. The van der Waals surface area contributed by atoms with Gasteiger partial charge in [-0.3, -0.25) is 4.40 Å². The van der Waals surface area contributed by atoms with Gasteiger partial charge in [0.15, 0.2) is 11.4 Å². The molecular formula is C10H9N3O. The van der Waals surface area contributed by atoms with E-state index >= 15 is 0 Å². The van der Waals surface area contributed by atoms with Crippen molar-refractivity contribution in [2.75, 3.05) is 7.11 Å². The molecule has 2 aromatic rings. The first-order valence-electron chi connectivity index (χ1n) is 4.22. The average molecular weight is 187 g/mol. The SMILES string of the molecule is COc1cccn2c(CC#N)cnc12. The van der Waals surface area contributed by atoms with E-state index in [9.17, 15) is 0 Å². The van der Waals surface area contributed by atoms with E-state index in [2.05, 4.69) is 11.1 Å². The van der Waals surface area contributed by atoms with Gasteiger partial charge in [-0.15, -0.1) is 0 Å². The molecule has 0 saturated carbocycles. The van der Waals surface area contributed by atoms with Crippen LogP contribution < -0.4 is 4.74 Å². The van der Waals surface area contributed by atoms with Gasteiger partial charge in [0.1, 0.15) is 0 Å². The third-order valence-electron chi connectivity index (χ3n) is 2.06. The van der Waals surface area contributed by atoms with Crippen LogP contribution in [0.15, 0.2) is 24.5 Å². The Morgan fingerprint density at radius 3 is 3.21 bits per heavy atom. The molecule has 4 heteroatoms. The largest absolute Gasteiger partial charge is 0.493 e. The summed E-state index contributed by atoms with van der Waals surface area (Å²) in [7, 11) is 1.61. The summed E-state index contributed by atoms with van der Waals surface area (Å²) in [4.78, 5) is 4.19. The number of fused-ring (bicyclic) bond motifs is 1. The Bertz CT molecular complexity index is 496. The van der Waals surface area contributed by atoms with Crippen LogP contribution in [-0.4, -0.2) is 16.5 Å². The maximum atomic E-state index is 8.60. The summed E-state index contributed by atoms with van der Waals surface area (Å²) in [6, 6.07) is 5.81. The van der Waals surface area contributed by atoms with Crippen LogP contribution in [-0.2, 0) is 6.42 Å². The lowest BCUT2D eigenvalue weighted by Gasteiger charge is -2.02. The highest BCUT2D eigenvalue weighted by atomic mass is 16.5. The quantitative estimate of drug-likeness (QED) is 0.714. The first-order chi connectivity index (χ1) is 6.86. The molecule has 2 aromatic heterocycles. The number of aromatic nitrogens is 2. The van der Waals surface area contributed by atoms with Crippen LogP contribution in [0.5, 0.6) is 5.75 Å². The Hall–Kier alpha value is -2.02. The highest BCUT2D eigenvalue weighted by Gasteiger charge is 2.06. The molecule has 0 aromatic carbocycles. The van der Waals surface area contributed by atoms with Gasteiger partial charge in [0.05, 0.1) is 31.5 Å². The lowest BCUT2D eigenvalue weighted by molar-refractivity contribution is 0.417. The fraction of sp³-hybridized carbons (Fsp3) is 0.200. The Morgan fingerprint density at radius 2 is 2.50 bits per heavy atom. The number of nitrogens with zero attached hydrogens (tertiary/aromatic N) is 3. The molecule has 0 fully saturated rings. The van der Waals surface area contributed by atoms with Crippen LogP contribution in [0.1, 0.15) is 5.69 Å². The van der Waals surface area contributed by atoms with Gasteiger partial charge in [-0.1, -0.05) is 0 Å². The highest BCUT2D eigenvalue weighted by Crippen LogP contribution is 2.18. The molecule has 70 valence electrons. The van der Waals surface area contributed by atoms with E-state index in [-0.39, 0.29) is 0 Å². The van der Waals surface area contributed by atoms with Crippen LogP contribution in [0.2, 0.25) is 0 Å². The summed E-state index contributed by atoms with van der Waals surface area (Å²) in [5, 5.41) is 8.60. The van der Waals surface area contributed by atoms with Gasteiger partial charge >= 0.3 is 0 Å². The van der Waals surface area contributed by atoms with E-state index in [0.717, 1.165) is 17.1 Å². The molecule has 2 rings (SSSR count). The second kappa shape index (κ2) is 3.38. The number of nitriles is 1. The molecule has 2 heterocycles. The molecule has 0 saturated heterocycles. The third-order valence-corrected chi connectivity index (χ3v) is 2.06. The highest BCUT2D eigenvalue weighted by molar-refractivity contribution is 5.54. The smallest absolute Gasteiger partial charge is 0.179 e. The topological polar surface area (TPSA) is 50.3 Å². The third kappa shape index (κ3) is 1.19. The molecule has 0 aliphatic rings. The minimum absolute atomic E-state index is 0.355. The fourth-order valence-electron chi connectivity index (χ4n) is 1.41. The number of hydrogen-bond donors (Lipinski definition) is 0. The van der Waals surface area contributed by atoms with Gasteiger partial charge in [-0.2, -0.15) is 5.26 Å². The number of methoxy groups -OCH3 is 1. The zero-order valence-electron chi connectivity index (χ0n) is 7.77. The minimum atomic E-state index is 0.355. The minimum Gasteiger partial charge on any atom is -0.493 e. The monoisotopic (exact) mass is 187 g/mol. The fourth-order valence-corrected chi connectivity index (χ4v) is 1.41. The van der Waals surface area contributed by atoms with Gasteiger partial charge in [0, 0.05) is 6.20 Å². The number of ether oxygens (including phenoxy) is 1. The van der Waals surface area contributed by atoms with E-state index in [1.54, 1.807) is 13.3 Å². The molecule has 0 aliphatic carbocycles.